The van der Waals surface area contributed by atoms with Crippen LogP contribution in [0.25, 0.3) is 17.2 Å². The molecule has 0 radical (unpaired) electrons. The quantitative estimate of drug-likeness (QED) is 0.531. The summed E-state index contributed by atoms with van der Waals surface area (Å²) in [6, 6.07) is 17.1. The summed E-state index contributed by atoms with van der Waals surface area (Å²) >= 11 is 6.21. The average Bonchev–Trinajstić information content (AvgIpc) is 3.22. The number of benzene rings is 2. The monoisotopic (exact) mass is 380 g/mol. The van der Waals surface area contributed by atoms with Gasteiger partial charge in [0.25, 0.3) is 5.91 Å². The van der Waals surface area contributed by atoms with Gasteiger partial charge in [0.2, 0.25) is 5.76 Å². The number of fused-ring (bicyclic) bond motifs is 1. The van der Waals surface area contributed by atoms with Crippen molar-refractivity contribution in [1.29, 1.82) is 0 Å². The summed E-state index contributed by atoms with van der Waals surface area (Å²) in [6.07, 6.45) is 0. The van der Waals surface area contributed by atoms with E-state index < -0.39 is 0 Å². The molecule has 4 aromatic rings. The molecule has 0 bridgehead atoms. The average molecular weight is 381 g/mol. The first-order valence-corrected chi connectivity index (χ1v) is 8.83. The highest BCUT2D eigenvalue weighted by Crippen LogP contribution is 2.26. The van der Waals surface area contributed by atoms with E-state index in [0.717, 1.165) is 5.56 Å². The van der Waals surface area contributed by atoms with E-state index >= 15 is 0 Å². The molecule has 136 valence electrons. The molecule has 27 heavy (non-hydrogen) atoms. The second-order valence-electron chi connectivity index (χ2n) is 6.27. The molecule has 0 atom stereocenters. The van der Waals surface area contributed by atoms with Crippen molar-refractivity contribution >= 4 is 23.4 Å². The molecule has 0 aliphatic carbocycles. The van der Waals surface area contributed by atoms with Crippen molar-refractivity contribution < 1.29 is 9.21 Å². The Hall–Kier alpha value is -3.12. The first-order valence-electron chi connectivity index (χ1n) is 8.45. The van der Waals surface area contributed by atoms with Crippen LogP contribution >= 0.6 is 11.6 Å². The fourth-order valence-electron chi connectivity index (χ4n) is 2.90. The first-order chi connectivity index (χ1) is 13.0. The summed E-state index contributed by atoms with van der Waals surface area (Å²) in [7, 11) is 1.74. The number of carbonyl (C=O) groups excluding carboxylic acids is 1. The molecule has 2 aromatic heterocycles. The Balaban J connectivity index is 1.63. The zero-order chi connectivity index (χ0) is 19.0. The molecule has 4 rings (SSSR count). The van der Waals surface area contributed by atoms with Crippen molar-refractivity contribution in [2.75, 3.05) is 7.05 Å². The fraction of sp³-hybridized carbons (Fsp3) is 0.150. The lowest BCUT2D eigenvalue weighted by atomic mass is 10.2. The van der Waals surface area contributed by atoms with Gasteiger partial charge >= 0.3 is 5.84 Å². The summed E-state index contributed by atoms with van der Waals surface area (Å²) in [4.78, 5) is 18.8. The predicted octanol–water partition coefficient (Wildman–Crippen LogP) is 4.22. The molecule has 2 heterocycles. The van der Waals surface area contributed by atoms with Crippen LogP contribution in [0.1, 0.15) is 21.8 Å². The molecular formula is C20H17ClN4O2. The number of aromatic nitrogens is 3. The second kappa shape index (κ2) is 6.89. The zero-order valence-corrected chi connectivity index (χ0v) is 15.6. The van der Waals surface area contributed by atoms with Crippen LogP contribution in [-0.2, 0) is 6.54 Å². The van der Waals surface area contributed by atoms with Crippen LogP contribution in [0.15, 0.2) is 59.0 Å². The van der Waals surface area contributed by atoms with E-state index in [1.54, 1.807) is 24.9 Å². The zero-order valence-electron chi connectivity index (χ0n) is 14.9. The molecule has 0 aliphatic heterocycles. The lowest BCUT2D eigenvalue weighted by Gasteiger charge is -2.15. The molecule has 0 unspecified atom stereocenters. The number of nitrogens with zero attached hydrogens (tertiary/aromatic N) is 4. The summed E-state index contributed by atoms with van der Waals surface area (Å²) in [5.41, 5.74) is 2.36. The van der Waals surface area contributed by atoms with Crippen LogP contribution in [0.3, 0.4) is 0 Å². The highest BCUT2D eigenvalue weighted by molar-refractivity contribution is 6.33. The molecule has 7 heteroatoms. The summed E-state index contributed by atoms with van der Waals surface area (Å²) in [6.45, 7) is 2.27. The number of rotatable bonds is 4. The normalized spacial score (nSPS) is 11.1. The van der Waals surface area contributed by atoms with Crippen molar-refractivity contribution in [3.63, 3.8) is 0 Å². The van der Waals surface area contributed by atoms with E-state index in [2.05, 4.69) is 10.1 Å². The van der Waals surface area contributed by atoms with Crippen LogP contribution in [0.4, 0.5) is 0 Å². The third-order valence-corrected chi connectivity index (χ3v) is 4.66. The third kappa shape index (κ3) is 3.19. The van der Waals surface area contributed by atoms with Gasteiger partial charge in [0.1, 0.15) is 0 Å². The van der Waals surface area contributed by atoms with Gasteiger partial charge in [0, 0.05) is 19.2 Å². The molecule has 6 nitrogen and oxygen atoms in total. The van der Waals surface area contributed by atoms with Crippen molar-refractivity contribution in [1.82, 2.24) is 19.5 Å². The van der Waals surface area contributed by atoms with Gasteiger partial charge in [-0.3, -0.25) is 4.79 Å². The van der Waals surface area contributed by atoms with Crippen molar-refractivity contribution in [3.8, 4) is 11.4 Å². The molecule has 0 saturated heterocycles. The van der Waals surface area contributed by atoms with Gasteiger partial charge in [-0.2, -0.15) is 9.50 Å². The Morgan fingerprint density at radius 1 is 1.15 bits per heavy atom. The SMILES string of the molecule is Cc1c(C(=O)N(C)Cc2ccccc2)oc2nc(-c3ccccc3Cl)nn12. The molecular weight excluding hydrogens is 364 g/mol. The summed E-state index contributed by atoms with van der Waals surface area (Å²) in [5.74, 6) is 0.732. The number of carbonyl (C=O) groups is 1. The van der Waals surface area contributed by atoms with Gasteiger partial charge < -0.3 is 9.32 Å². The Morgan fingerprint density at radius 3 is 2.56 bits per heavy atom. The first kappa shape index (κ1) is 17.3. The van der Waals surface area contributed by atoms with Crippen molar-refractivity contribution in [2.45, 2.75) is 13.5 Å². The lowest BCUT2D eigenvalue weighted by molar-refractivity contribution is 0.0754. The van der Waals surface area contributed by atoms with E-state index in [4.69, 9.17) is 16.0 Å². The van der Waals surface area contributed by atoms with Gasteiger partial charge in [-0.15, -0.1) is 5.10 Å². The van der Waals surface area contributed by atoms with Crippen LogP contribution in [0.2, 0.25) is 5.02 Å². The van der Waals surface area contributed by atoms with E-state index in [1.807, 2.05) is 48.5 Å². The Kier molecular flexibility index (Phi) is 4.41. The van der Waals surface area contributed by atoms with E-state index in [1.165, 1.54) is 4.52 Å². The molecule has 0 saturated carbocycles. The van der Waals surface area contributed by atoms with E-state index in [9.17, 15) is 4.79 Å². The van der Waals surface area contributed by atoms with Gasteiger partial charge in [-0.25, -0.2) is 0 Å². The van der Waals surface area contributed by atoms with Crippen molar-refractivity contribution in [3.05, 3.63) is 76.6 Å². The van der Waals surface area contributed by atoms with Gasteiger partial charge in [-0.1, -0.05) is 54.1 Å². The minimum absolute atomic E-state index is 0.219. The smallest absolute Gasteiger partial charge is 0.325 e. The predicted molar refractivity (Wildman–Crippen MR) is 103 cm³/mol. The lowest BCUT2D eigenvalue weighted by Crippen LogP contribution is -2.26. The molecule has 2 aromatic carbocycles. The number of aryl methyl sites for hydroxylation is 1. The van der Waals surface area contributed by atoms with E-state index in [0.29, 0.717) is 28.6 Å². The molecule has 0 spiro atoms. The van der Waals surface area contributed by atoms with Gasteiger partial charge in [-0.05, 0) is 24.6 Å². The van der Waals surface area contributed by atoms with Crippen LogP contribution in [0.5, 0.6) is 0 Å². The number of amides is 1. The summed E-state index contributed by atoms with van der Waals surface area (Å²) < 4.78 is 7.25. The number of hydrogen-bond donors (Lipinski definition) is 0. The van der Waals surface area contributed by atoms with Crippen LogP contribution in [-0.4, -0.2) is 32.5 Å². The maximum atomic E-state index is 12.8. The Morgan fingerprint density at radius 2 is 1.85 bits per heavy atom. The van der Waals surface area contributed by atoms with Crippen LogP contribution in [0, 0.1) is 6.92 Å². The minimum atomic E-state index is -0.219. The third-order valence-electron chi connectivity index (χ3n) is 4.34. The molecule has 1 amide bonds. The van der Waals surface area contributed by atoms with E-state index in [-0.39, 0.29) is 17.5 Å². The highest BCUT2D eigenvalue weighted by atomic mass is 35.5. The molecule has 0 N–H and O–H groups in total. The van der Waals surface area contributed by atoms with Crippen LogP contribution < -0.4 is 0 Å². The Bertz CT molecular complexity index is 1120. The van der Waals surface area contributed by atoms with Gasteiger partial charge in [0.05, 0.1) is 10.7 Å². The topological polar surface area (TPSA) is 63.6 Å². The standard InChI is InChI=1S/C20H17ClN4O2/c1-13-17(19(26)24(2)12-14-8-4-3-5-9-14)27-20-22-18(23-25(13)20)15-10-6-7-11-16(15)21/h3-11H,12H2,1-2H3. The minimum Gasteiger partial charge on any atom is -0.416 e. The number of halogens is 1. The second-order valence-corrected chi connectivity index (χ2v) is 6.68. The van der Waals surface area contributed by atoms with Crippen molar-refractivity contribution in [2.24, 2.45) is 0 Å². The summed E-state index contributed by atoms with van der Waals surface area (Å²) in [5, 5.41) is 5.00. The fourth-order valence-corrected chi connectivity index (χ4v) is 3.12. The number of hydrogen-bond acceptors (Lipinski definition) is 4. The highest BCUT2D eigenvalue weighted by Gasteiger charge is 2.24. The number of oxazole rings is 1. The largest absolute Gasteiger partial charge is 0.416 e. The Labute approximate surface area is 161 Å². The molecule has 0 aliphatic rings. The maximum absolute atomic E-state index is 12.8. The van der Waals surface area contributed by atoms with Gasteiger partial charge in [0.15, 0.2) is 5.82 Å². The molecule has 0 fully saturated rings. The maximum Gasteiger partial charge on any atom is 0.325 e.